The maximum atomic E-state index is 13.4. The number of amides is 1. The van der Waals surface area contributed by atoms with Gasteiger partial charge in [-0.3, -0.25) is 4.79 Å². The smallest absolute Gasteiger partial charge is 0.405 e. The van der Waals surface area contributed by atoms with Crippen molar-refractivity contribution in [1.82, 2.24) is 5.32 Å². The molecule has 1 aliphatic carbocycles. The van der Waals surface area contributed by atoms with Crippen LogP contribution in [0.15, 0.2) is 48.6 Å². The second-order valence-corrected chi connectivity index (χ2v) is 5.55. The van der Waals surface area contributed by atoms with Crippen molar-refractivity contribution in [1.29, 1.82) is 0 Å². The third-order valence-electron chi connectivity index (χ3n) is 3.97. The Hall–Kier alpha value is -3.02. The van der Waals surface area contributed by atoms with E-state index in [1.165, 1.54) is 18.2 Å². The third kappa shape index (κ3) is 2.78. The fourth-order valence-electron chi connectivity index (χ4n) is 2.92. The fourth-order valence-corrected chi connectivity index (χ4v) is 2.92. The maximum absolute atomic E-state index is 13.4. The van der Waals surface area contributed by atoms with Gasteiger partial charge in [-0.15, -0.1) is 0 Å². The Morgan fingerprint density at radius 1 is 1.12 bits per heavy atom. The number of rotatable bonds is 3. The van der Waals surface area contributed by atoms with E-state index < -0.39 is 23.3 Å². The first-order valence-corrected chi connectivity index (χ1v) is 7.18. The van der Waals surface area contributed by atoms with Crippen molar-refractivity contribution in [3.63, 3.8) is 0 Å². The van der Waals surface area contributed by atoms with Crippen LogP contribution in [0.2, 0.25) is 0 Å². The van der Waals surface area contributed by atoms with Crippen LogP contribution in [-0.2, 0) is 16.8 Å². The Morgan fingerprint density at radius 3 is 2.46 bits per heavy atom. The lowest BCUT2D eigenvalue weighted by Crippen LogP contribution is -2.46. The molecule has 6 heteroatoms. The highest BCUT2D eigenvalue weighted by Gasteiger charge is 2.35. The summed E-state index contributed by atoms with van der Waals surface area (Å²) < 4.78 is 26.9. The van der Waals surface area contributed by atoms with E-state index in [4.69, 9.17) is 5.11 Å². The molecule has 0 aliphatic heterocycles. The van der Waals surface area contributed by atoms with Crippen LogP contribution in [0, 0.1) is 11.6 Å². The lowest BCUT2D eigenvalue weighted by atomic mass is 9.80. The van der Waals surface area contributed by atoms with Crippen molar-refractivity contribution in [3.05, 3.63) is 71.3 Å². The van der Waals surface area contributed by atoms with Crippen molar-refractivity contribution >= 4 is 12.4 Å². The van der Waals surface area contributed by atoms with Gasteiger partial charge in [0.2, 0.25) is 0 Å². The van der Waals surface area contributed by atoms with Gasteiger partial charge in [0, 0.05) is 6.07 Å². The Morgan fingerprint density at radius 2 is 1.83 bits per heavy atom. The summed E-state index contributed by atoms with van der Waals surface area (Å²) >= 11 is 0. The molecule has 0 bridgehead atoms. The van der Waals surface area contributed by atoms with E-state index in [2.05, 4.69) is 5.32 Å². The van der Waals surface area contributed by atoms with Gasteiger partial charge in [0.15, 0.2) is 6.29 Å². The summed E-state index contributed by atoms with van der Waals surface area (Å²) in [5.74, 6) is -1.43. The lowest BCUT2D eigenvalue weighted by Gasteiger charge is -2.30. The van der Waals surface area contributed by atoms with Crippen LogP contribution in [0.25, 0.3) is 11.1 Å². The van der Waals surface area contributed by atoms with Gasteiger partial charge in [0.05, 0.1) is 0 Å². The number of benzene rings is 2. The molecule has 0 unspecified atom stereocenters. The summed E-state index contributed by atoms with van der Waals surface area (Å²) in [6.45, 7) is 0. The number of allylic oxidation sites excluding steroid dienone is 1. The van der Waals surface area contributed by atoms with Crippen LogP contribution in [0.1, 0.15) is 11.1 Å². The molecule has 2 aromatic rings. The molecule has 0 saturated carbocycles. The normalized spacial score (nSPS) is 18.8. The summed E-state index contributed by atoms with van der Waals surface area (Å²) in [6.07, 6.45) is 2.87. The van der Waals surface area contributed by atoms with Gasteiger partial charge in [0.25, 0.3) is 0 Å². The second-order valence-electron chi connectivity index (χ2n) is 5.55. The molecule has 2 N–H and O–H groups in total. The minimum absolute atomic E-state index is 0.306. The van der Waals surface area contributed by atoms with E-state index in [9.17, 15) is 18.4 Å². The predicted octanol–water partition coefficient (Wildman–Crippen LogP) is 3.41. The highest BCUT2D eigenvalue weighted by Crippen LogP contribution is 2.33. The molecule has 1 atom stereocenters. The molecule has 0 radical (unpaired) electrons. The summed E-state index contributed by atoms with van der Waals surface area (Å²) in [5.41, 5.74) is 0.491. The number of carbonyl (C=O) groups excluding carboxylic acids is 1. The van der Waals surface area contributed by atoms with Crippen LogP contribution in [-0.4, -0.2) is 17.5 Å². The van der Waals surface area contributed by atoms with Crippen LogP contribution in [0.3, 0.4) is 0 Å². The Labute approximate surface area is 136 Å². The molecule has 0 spiro atoms. The number of hydrogen-bond acceptors (Lipinski definition) is 2. The average molecular weight is 329 g/mol. The molecule has 4 nitrogen and oxygen atoms in total. The van der Waals surface area contributed by atoms with E-state index in [1.807, 2.05) is 0 Å². The summed E-state index contributed by atoms with van der Waals surface area (Å²) in [7, 11) is 0. The van der Waals surface area contributed by atoms with Crippen LogP contribution in [0.4, 0.5) is 13.6 Å². The number of carboxylic acid groups (broad SMARTS) is 1. The fraction of sp³-hybridized carbons (Fsp3) is 0.111. The van der Waals surface area contributed by atoms with E-state index in [0.717, 1.165) is 11.6 Å². The van der Waals surface area contributed by atoms with Gasteiger partial charge < -0.3 is 10.4 Å². The van der Waals surface area contributed by atoms with Gasteiger partial charge in [-0.2, -0.15) is 0 Å². The monoisotopic (exact) mass is 329 g/mol. The minimum atomic E-state index is -1.51. The number of hydrogen-bond donors (Lipinski definition) is 2. The summed E-state index contributed by atoms with van der Waals surface area (Å²) in [6, 6.07) is 8.11. The highest BCUT2D eigenvalue weighted by molar-refractivity contribution is 5.82. The molecule has 0 aromatic heterocycles. The van der Waals surface area contributed by atoms with E-state index in [1.54, 1.807) is 24.3 Å². The molecule has 3 rings (SSSR count). The summed E-state index contributed by atoms with van der Waals surface area (Å²) in [5, 5.41) is 11.3. The van der Waals surface area contributed by atoms with Crippen LogP contribution < -0.4 is 5.32 Å². The molecule has 0 heterocycles. The SMILES string of the molecule is O=C[C@]1(NC(=O)O)C=CCc2ccc(-c3cc(F)cc(F)c3)cc21. The van der Waals surface area contributed by atoms with Crippen LogP contribution >= 0.6 is 0 Å². The molecule has 0 saturated heterocycles. The zero-order valence-electron chi connectivity index (χ0n) is 12.4. The van der Waals surface area contributed by atoms with E-state index >= 15 is 0 Å². The lowest BCUT2D eigenvalue weighted by molar-refractivity contribution is -0.112. The van der Waals surface area contributed by atoms with Crippen molar-refractivity contribution in [2.24, 2.45) is 0 Å². The topological polar surface area (TPSA) is 66.4 Å². The molecule has 2 aromatic carbocycles. The largest absolute Gasteiger partial charge is 0.465 e. The zero-order chi connectivity index (χ0) is 17.3. The van der Waals surface area contributed by atoms with Crippen molar-refractivity contribution in [3.8, 4) is 11.1 Å². The number of halogens is 2. The summed E-state index contributed by atoms with van der Waals surface area (Å²) in [4.78, 5) is 22.7. The Bertz CT molecular complexity index is 843. The van der Waals surface area contributed by atoms with Crippen molar-refractivity contribution in [2.75, 3.05) is 0 Å². The van der Waals surface area contributed by atoms with Gasteiger partial charge >= 0.3 is 6.09 Å². The van der Waals surface area contributed by atoms with E-state index in [0.29, 0.717) is 29.4 Å². The molecular formula is C18H13F2NO3. The third-order valence-corrected chi connectivity index (χ3v) is 3.97. The van der Waals surface area contributed by atoms with Gasteiger partial charge in [-0.25, -0.2) is 13.6 Å². The van der Waals surface area contributed by atoms with Crippen molar-refractivity contribution < 1.29 is 23.5 Å². The molecule has 122 valence electrons. The zero-order valence-corrected chi connectivity index (χ0v) is 12.4. The first-order valence-electron chi connectivity index (χ1n) is 7.18. The van der Waals surface area contributed by atoms with Gasteiger partial charge in [-0.1, -0.05) is 24.3 Å². The highest BCUT2D eigenvalue weighted by atomic mass is 19.1. The average Bonchev–Trinajstić information content (AvgIpc) is 2.53. The molecule has 0 fully saturated rings. The number of fused-ring (bicyclic) bond motifs is 1. The second kappa shape index (κ2) is 5.88. The number of carbonyl (C=O) groups is 2. The Kier molecular flexibility index (Phi) is 3.89. The number of nitrogens with one attached hydrogen (secondary N) is 1. The molecule has 1 aliphatic rings. The quantitative estimate of drug-likeness (QED) is 0.670. The first-order chi connectivity index (χ1) is 11.4. The minimum Gasteiger partial charge on any atom is -0.465 e. The van der Waals surface area contributed by atoms with Gasteiger partial charge in [-0.05, 0) is 46.9 Å². The molecule has 24 heavy (non-hydrogen) atoms. The first kappa shape index (κ1) is 15.9. The predicted molar refractivity (Wildman–Crippen MR) is 83.5 cm³/mol. The van der Waals surface area contributed by atoms with Crippen molar-refractivity contribution in [2.45, 2.75) is 12.0 Å². The van der Waals surface area contributed by atoms with Crippen LogP contribution in [0.5, 0.6) is 0 Å². The van der Waals surface area contributed by atoms with Gasteiger partial charge in [0.1, 0.15) is 17.2 Å². The van der Waals surface area contributed by atoms with E-state index in [-0.39, 0.29) is 0 Å². The number of aldehydes is 1. The standard InChI is InChI=1S/C18H13F2NO3/c19-14-6-13(7-15(20)9-14)12-4-3-11-2-1-5-18(10-22,16(11)8-12)21-17(23)24/h1,3-10,21H,2H2,(H,23,24)/t18-/m1/s1. The molecule has 1 amide bonds. The Balaban J connectivity index is 2.16. The molecular weight excluding hydrogens is 316 g/mol. The maximum Gasteiger partial charge on any atom is 0.405 e.